The van der Waals surface area contributed by atoms with E-state index in [1.54, 1.807) is 43.2 Å². The van der Waals surface area contributed by atoms with Crippen molar-refractivity contribution in [2.45, 2.75) is 13.0 Å². The molecule has 3 rings (SSSR count). The number of nitrogens with one attached hydrogen (secondary N) is 1. The Balaban J connectivity index is 0.00000225. The predicted molar refractivity (Wildman–Crippen MR) is 96.6 cm³/mol. The van der Waals surface area contributed by atoms with Gasteiger partial charge in [-0.2, -0.15) is 10.1 Å². The van der Waals surface area contributed by atoms with Crippen LogP contribution in [0.25, 0.3) is 11.4 Å². The highest BCUT2D eigenvalue weighted by Crippen LogP contribution is 2.31. The Kier molecular flexibility index (Phi) is 5.89. The summed E-state index contributed by atoms with van der Waals surface area (Å²) in [5.74, 6) is -0.156. The lowest BCUT2D eigenvalue weighted by molar-refractivity contribution is 0.625. The summed E-state index contributed by atoms with van der Waals surface area (Å²) in [6.07, 6.45) is 4.69. The molecule has 1 aromatic carbocycles. The van der Waals surface area contributed by atoms with Crippen LogP contribution in [0.5, 0.6) is 0 Å². The Bertz CT molecular complexity index is 882. The summed E-state index contributed by atoms with van der Waals surface area (Å²) in [5, 5.41) is 6.99. The summed E-state index contributed by atoms with van der Waals surface area (Å²) in [7, 11) is 1.79. The van der Waals surface area contributed by atoms with Crippen molar-refractivity contribution in [3.8, 4) is 11.4 Å². The Labute approximate surface area is 154 Å². The number of aryl methyl sites for hydroxylation is 1. The average Bonchev–Trinajstić information content (AvgIpc) is 2.95. The van der Waals surface area contributed by atoms with E-state index >= 15 is 0 Å². The molecule has 0 aliphatic heterocycles. The molecule has 25 heavy (non-hydrogen) atoms. The van der Waals surface area contributed by atoms with E-state index < -0.39 is 5.82 Å². The molecule has 1 atom stereocenters. The number of rotatable bonds is 4. The van der Waals surface area contributed by atoms with Gasteiger partial charge in [-0.3, -0.25) is 4.68 Å². The Morgan fingerprint density at radius 3 is 2.72 bits per heavy atom. The molecule has 0 fully saturated rings. The van der Waals surface area contributed by atoms with Crippen LogP contribution < -0.4 is 11.1 Å². The van der Waals surface area contributed by atoms with Crippen LogP contribution >= 0.6 is 24.0 Å². The van der Waals surface area contributed by atoms with E-state index in [4.69, 9.17) is 17.3 Å². The molecule has 2 heterocycles. The molecule has 0 saturated carbocycles. The van der Waals surface area contributed by atoms with Crippen LogP contribution in [0.15, 0.2) is 30.9 Å². The minimum Gasteiger partial charge on any atom is -0.324 e. The van der Waals surface area contributed by atoms with Crippen molar-refractivity contribution in [2.75, 3.05) is 5.32 Å². The first-order valence-electron chi connectivity index (χ1n) is 7.14. The fourth-order valence-electron chi connectivity index (χ4n) is 2.19. The number of nitrogens with two attached hydrogens (primary N) is 1. The highest BCUT2D eigenvalue weighted by atomic mass is 35.5. The van der Waals surface area contributed by atoms with Crippen molar-refractivity contribution in [3.05, 3.63) is 47.3 Å². The van der Waals surface area contributed by atoms with Gasteiger partial charge in [-0.25, -0.2) is 14.4 Å². The summed E-state index contributed by atoms with van der Waals surface area (Å²) in [6, 6.07) is 2.86. The van der Waals surface area contributed by atoms with Crippen molar-refractivity contribution < 1.29 is 4.39 Å². The van der Waals surface area contributed by atoms with Gasteiger partial charge in [0.25, 0.3) is 0 Å². The van der Waals surface area contributed by atoms with Crippen LogP contribution in [-0.4, -0.2) is 24.7 Å². The lowest BCUT2D eigenvalue weighted by atomic mass is 10.1. The molecule has 0 amide bonds. The van der Waals surface area contributed by atoms with E-state index in [1.165, 1.54) is 6.33 Å². The van der Waals surface area contributed by atoms with Gasteiger partial charge in [0.2, 0.25) is 5.95 Å². The molecule has 10 heteroatoms. The number of anilines is 2. The molecule has 0 aliphatic rings. The van der Waals surface area contributed by atoms with Gasteiger partial charge in [0.05, 0.1) is 22.5 Å². The number of halogens is 3. The quantitative estimate of drug-likeness (QED) is 0.717. The minimum atomic E-state index is -0.606. The smallest absolute Gasteiger partial charge is 0.230 e. The summed E-state index contributed by atoms with van der Waals surface area (Å²) >= 11 is 6.06. The molecule has 0 spiro atoms. The molecule has 3 N–H and O–H groups in total. The molecule has 0 aliphatic carbocycles. The van der Waals surface area contributed by atoms with Crippen LogP contribution in [0.2, 0.25) is 5.02 Å². The largest absolute Gasteiger partial charge is 0.324 e. The van der Waals surface area contributed by atoms with Crippen molar-refractivity contribution in [1.29, 1.82) is 0 Å². The second-order valence-corrected chi connectivity index (χ2v) is 5.66. The third kappa shape index (κ3) is 4.04. The fourth-order valence-corrected chi connectivity index (χ4v) is 2.53. The molecular weight excluding hydrogens is 368 g/mol. The van der Waals surface area contributed by atoms with Gasteiger partial charge in [0.15, 0.2) is 11.6 Å². The van der Waals surface area contributed by atoms with E-state index in [1.807, 2.05) is 0 Å². The highest BCUT2D eigenvalue weighted by Gasteiger charge is 2.17. The summed E-state index contributed by atoms with van der Waals surface area (Å²) in [4.78, 5) is 12.3. The van der Waals surface area contributed by atoms with Gasteiger partial charge in [-0.15, -0.1) is 12.4 Å². The molecule has 132 valence electrons. The van der Waals surface area contributed by atoms with Crippen LogP contribution in [0.3, 0.4) is 0 Å². The average molecular weight is 384 g/mol. The lowest BCUT2D eigenvalue weighted by Gasteiger charge is -2.11. The standard InChI is InChI=1S/C15H15ClFN7.ClH/c1-8(18)10-3-4-11(13(17)12(10)16)14-19-7-20-15(23-14)22-9-5-21-24(2)6-9;/h3-8H,18H2,1-2H3,(H,19,20,22,23);1H. The molecule has 0 radical (unpaired) electrons. The molecule has 0 bridgehead atoms. The van der Waals surface area contributed by atoms with E-state index in [0.717, 1.165) is 0 Å². The van der Waals surface area contributed by atoms with E-state index in [2.05, 4.69) is 25.4 Å². The first-order valence-corrected chi connectivity index (χ1v) is 7.52. The second kappa shape index (κ2) is 7.73. The van der Waals surface area contributed by atoms with Crippen LogP contribution in [0.4, 0.5) is 16.0 Å². The highest BCUT2D eigenvalue weighted by molar-refractivity contribution is 6.31. The second-order valence-electron chi connectivity index (χ2n) is 5.28. The normalized spacial score (nSPS) is 11.7. The zero-order valence-corrected chi connectivity index (χ0v) is 15.0. The number of aromatic nitrogens is 5. The Hall–Kier alpha value is -2.29. The van der Waals surface area contributed by atoms with Crippen LogP contribution in [0, 0.1) is 5.82 Å². The van der Waals surface area contributed by atoms with Crippen molar-refractivity contribution in [1.82, 2.24) is 24.7 Å². The maximum atomic E-state index is 14.5. The molecule has 1 unspecified atom stereocenters. The van der Waals surface area contributed by atoms with Crippen molar-refractivity contribution in [3.63, 3.8) is 0 Å². The molecule has 2 aromatic heterocycles. The van der Waals surface area contributed by atoms with Crippen molar-refractivity contribution in [2.24, 2.45) is 12.8 Å². The van der Waals surface area contributed by atoms with E-state index in [9.17, 15) is 4.39 Å². The van der Waals surface area contributed by atoms with Gasteiger partial charge < -0.3 is 11.1 Å². The fraction of sp³-hybridized carbons (Fsp3) is 0.200. The van der Waals surface area contributed by atoms with Gasteiger partial charge in [-0.1, -0.05) is 17.7 Å². The summed E-state index contributed by atoms with van der Waals surface area (Å²) in [6.45, 7) is 1.74. The van der Waals surface area contributed by atoms with Crippen LogP contribution in [0.1, 0.15) is 18.5 Å². The number of benzene rings is 1. The van der Waals surface area contributed by atoms with E-state index in [-0.39, 0.29) is 40.8 Å². The predicted octanol–water partition coefficient (Wildman–Crippen LogP) is 3.25. The van der Waals surface area contributed by atoms with Gasteiger partial charge in [0, 0.05) is 19.3 Å². The zero-order valence-electron chi connectivity index (χ0n) is 13.4. The number of hydrogen-bond acceptors (Lipinski definition) is 6. The Morgan fingerprint density at radius 2 is 2.08 bits per heavy atom. The monoisotopic (exact) mass is 383 g/mol. The van der Waals surface area contributed by atoms with Gasteiger partial charge >= 0.3 is 0 Å². The van der Waals surface area contributed by atoms with Gasteiger partial charge in [-0.05, 0) is 18.6 Å². The van der Waals surface area contributed by atoms with Gasteiger partial charge in [0.1, 0.15) is 6.33 Å². The summed E-state index contributed by atoms with van der Waals surface area (Å²) in [5.41, 5.74) is 7.19. The molecule has 3 aromatic rings. The zero-order chi connectivity index (χ0) is 17.3. The third-order valence-electron chi connectivity index (χ3n) is 3.38. The van der Waals surface area contributed by atoms with Crippen molar-refractivity contribution >= 4 is 35.6 Å². The molecular formula is C15H16Cl2FN7. The third-order valence-corrected chi connectivity index (χ3v) is 3.76. The minimum absolute atomic E-state index is 0. The van der Waals surface area contributed by atoms with Crippen LogP contribution in [-0.2, 0) is 7.05 Å². The number of hydrogen-bond donors (Lipinski definition) is 2. The van der Waals surface area contributed by atoms with E-state index in [0.29, 0.717) is 11.3 Å². The first-order chi connectivity index (χ1) is 11.5. The summed E-state index contributed by atoms with van der Waals surface area (Å²) < 4.78 is 16.2. The number of nitrogens with zero attached hydrogens (tertiary/aromatic N) is 5. The SMILES string of the molecule is CC(N)c1ccc(-c2ncnc(Nc3cnn(C)c3)n2)c(F)c1Cl.Cl. The molecule has 7 nitrogen and oxygen atoms in total. The first kappa shape index (κ1) is 19.0. The topological polar surface area (TPSA) is 94.5 Å². The molecule has 0 saturated heterocycles. The lowest BCUT2D eigenvalue weighted by Crippen LogP contribution is -2.07. The Morgan fingerprint density at radius 1 is 1.32 bits per heavy atom. The maximum absolute atomic E-state index is 14.5. The maximum Gasteiger partial charge on any atom is 0.230 e.